The van der Waals surface area contributed by atoms with Gasteiger partial charge >= 0.3 is 0 Å². The molecule has 3 aliphatic heterocycles. The van der Waals surface area contributed by atoms with Crippen LogP contribution in [0.1, 0.15) is 27.5 Å². The van der Waals surface area contributed by atoms with Crippen molar-refractivity contribution >= 4 is 46.6 Å². The Morgan fingerprint density at radius 1 is 0.917 bits per heavy atom. The number of hydrogen-bond acceptors (Lipinski definition) is 6. The lowest BCUT2D eigenvalue weighted by Gasteiger charge is -2.35. The third kappa shape index (κ3) is 3.11. The summed E-state index contributed by atoms with van der Waals surface area (Å²) in [6.45, 7) is 0. The maximum atomic E-state index is 13.9. The lowest BCUT2D eigenvalue weighted by atomic mass is 9.83. The lowest BCUT2D eigenvalue weighted by Crippen LogP contribution is -2.44. The molecule has 2 amide bonds. The molecule has 0 aromatic heterocycles. The van der Waals surface area contributed by atoms with Gasteiger partial charge in [-0.15, -0.1) is 0 Å². The normalized spacial score (nSPS) is 23.9. The highest BCUT2D eigenvalue weighted by Gasteiger charge is 2.64. The van der Waals surface area contributed by atoms with E-state index in [2.05, 4.69) is 0 Å². The zero-order valence-electron chi connectivity index (χ0n) is 18.7. The Morgan fingerprint density at radius 3 is 2.42 bits per heavy atom. The first-order valence-corrected chi connectivity index (χ1v) is 11.7. The topological polar surface area (TPSA) is 101 Å². The van der Waals surface area contributed by atoms with Gasteiger partial charge in [-0.05, 0) is 29.3 Å². The fourth-order valence-electron chi connectivity index (χ4n) is 5.67. The minimum Gasteiger partial charge on any atom is -0.358 e. The standard InChI is InChI=1S/C27H18ClN3O5/c28-19-10-3-4-11-20(19)30-26(33)21-22(27(30)34)24(25(32)16-7-5-8-17(14-16)31(35)36)29-13-12-15-6-1-2-9-18(15)23(21)29/h1-14,21-24H. The third-order valence-electron chi connectivity index (χ3n) is 7.17. The van der Waals surface area contributed by atoms with Crippen molar-refractivity contribution in [3.63, 3.8) is 0 Å². The number of carbonyl (C=O) groups excluding carboxylic acids is 3. The van der Waals surface area contributed by atoms with Crippen molar-refractivity contribution in [3.05, 3.63) is 111 Å². The van der Waals surface area contributed by atoms with Gasteiger partial charge in [-0.25, -0.2) is 4.90 Å². The van der Waals surface area contributed by atoms with E-state index >= 15 is 0 Å². The van der Waals surface area contributed by atoms with Crippen LogP contribution in [0.4, 0.5) is 11.4 Å². The minimum atomic E-state index is -1.02. The number of ketones is 1. The predicted octanol–water partition coefficient (Wildman–Crippen LogP) is 4.65. The first kappa shape index (κ1) is 22.2. The highest BCUT2D eigenvalue weighted by Crippen LogP contribution is 2.54. The van der Waals surface area contributed by atoms with Crippen molar-refractivity contribution in [3.8, 4) is 0 Å². The maximum absolute atomic E-state index is 13.9. The van der Waals surface area contributed by atoms with E-state index in [1.165, 1.54) is 24.3 Å². The Kier molecular flexibility index (Phi) is 5.01. The molecule has 3 heterocycles. The number of non-ortho nitro benzene ring substituents is 1. The second-order valence-corrected chi connectivity index (χ2v) is 9.38. The van der Waals surface area contributed by atoms with Crippen molar-refractivity contribution < 1.29 is 19.3 Å². The molecule has 9 heteroatoms. The van der Waals surface area contributed by atoms with Gasteiger partial charge in [0.1, 0.15) is 6.04 Å². The Balaban J connectivity index is 1.51. The van der Waals surface area contributed by atoms with Crippen molar-refractivity contribution in [1.29, 1.82) is 0 Å². The van der Waals surface area contributed by atoms with E-state index < -0.39 is 46.4 Å². The maximum Gasteiger partial charge on any atom is 0.270 e. The number of fused-ring (bicyclic) bond motifs is 5. The monoisotopic (exact) mass is 499 g/mol. The second kappa shape index (κ2) is 8.13. The smallest absolute Gasteiger partial charge is 0.270 e. The molecule has 3 aromatic rings. The zero-order valence-corrected chi connectivity index (χ0v) is 19.4. The molecule has 4 atom stereocenters. The number of anilines is 1. The van der Waals surface area contributed by atoms with Crippen LogP contribution in [0, 0.1) is 22.0 Å². The predicted molar refractivity (Wildman–Crippen MR) is 132 cm³/mol. The fraction of sp³-hybridized carbons (Fsp3) is 0.148. The Hall–Kier alpha value is -4.30. The number of benzene rings is 3. The average Bonchev–Trinajstić information content (AvgIpc) is 3.36. The molecule has 2 saturated heterocycles. The van der Waals surface area contributed by atoms with Gasteiger partial charge < -0.3 is 4.90 Å². The summed E-state index contributed by atoms with van der Waals surface area (Å²) in [5.41, 5.74) is 1.90. The van der Waals surface area contributed by atoms with Crippen LogP contribution in [0.2, 0.25) is 5.02 Å². The van der Waals surface area contributed by atoms with Crippen molar-refractivity contribution in [1.82, 2.24) is 4.90 Å². The summed E-state index contributed by atoms with van der Waals surface area (Å²) >= 11 is 6.35. The number of nitro benzene ring substituents is 1. The van der Waals surface area contributed by atoms with Crippen LogP contribution in [0.3, 0.4) is 0 Å². The van der Waals surface area contributed by atoms with Crippen molar-refractivity contribution in [2.75, 3.05) is 4.90 Å². The van der Waals surface area contributed by atoms with E-state index in [0.717, 1.165) is 16.0 Å². The second-order valence-electron chi connectivity index (χ2n) is 8.97. The number of amides is 2. The summed E-state index contributed by atoms with van der Waals surface area (Å²) in [5, 5.41) is 11.6. The summed E-state index contributed by atoms with van der Waals surface area (Å²) in [6, 6.07) is 18.0. The molecule has 0 aliphatic carbocycles. The molecule has 4 unspecified atom stereocenters. The molecular formula is C27H18ClN3O5. The summed E-state index contributed by atoms with van der Waals surface area (Å²) in [7, 11) is 0. The largest absolute Gasteiger partial charge is 0.358 e. The number of nitrogens with zero attached hydrogens (tertiary/aromatic N) is 3. The molecule has 6 rings (SSSR count). The van der Waals surface area contributed by atoms with E-state index in [0.29, 0.717) is 0 Å². The van der Waals surface area contributed by atoms with E-state index in [1.807, 2.05) is 30.3 Å². The first-order chi connectivity index (χ1) is 17.4. The summed E-state index contributed by atoms with van der Waals surface area (Å²) in [6.07, 6.45) is 3.59. The number of para-hydroxylation sites is 1. The van der Waals surface area contributed by atoms with Gasteiger partial charge in [0.2, 0.25) is 11.8 Å². The Bertz CT molecular complexity index is 1500. The number of imide groups is 1. The van der Waals surface area contributed by atoms with Crippen LogP contribution in [0.25, 0.3) is 6.08 Å². The van der Waals surface area contributed by atoms with E-state index in [9.17, 15) is 24.5 Å². The SMILES string of the molecule is O=C(c1cccc([N+](=O)[O-])c1)C1C2C(=O)N(c3ccccc3Cl)C(=O)C2C2c3ccccc3C=CN12. The van der Waals surface area contributed by atoms with Gasteiger partial charge in [-0.2, -0.15) is 0 Å². The quantitative estimate of drug-likeness (QED) is 0.224. The molecule has 0 radical (unpaired) electrons. The Morgan fingerprint density at radius 2 is 1.64 bits per heavy atom. The van der Waals surface area contributed by atoms with Gasteiger partial charge in [0.05, 0.1) is 33.5 Å². The highest BCUT2D eigenvalue weighted by atomic mass is 35.5. The average molecular weight is 500 g/mol. The number of carbonyl (C=O) groups is 3. The molecule has 3 aromatic carbocycles. The number of halogens is 1. The molecule has 0 N–H and O–H groups in total. The van der Waals surface area contributed by atoms with Gasteiger partial charge in [0, 0.05) is 23.9 Å². The van der Waals surface area contributed by atoms with E-state index in [-0.39, 0.29) is 22.0 Å². The van der Waals surface area contributed by atoms with Crippen LogP contribution in [-0.2, 0) is 9.59 Å². The van der Waals surface area contributed by atoms with Gasteiger partial charge in [-0.1, -0.05) is 60.1 Å². The molecule has 8 nitrogen and oxygen atoms in total. The highest BCUT2D eigenvalue weighted by molar-refractivity contribution is 6.36. The first-order valence-electron chi connectivity index (χ1n) is 11.3. The Labute approximate surface area is 210 Å². The van der Waals surface area contributed by atoms with Gasteiger partial charge in [0.25, 0.3) is 5.69 Å². The van der Waals surface area contributed by atoms with Crippen LogP contribution in [0.5, 0.6) is 0 Å². The van der Waals surface area contributed by atoms with Gasteiger partial charge in [-0.3, -0.25) is 24.5 Å². The molecular weight excluding hydrogens is 482 g/mol. The number of nitro groups is 1. The molecule has 2 fully saturated rings. The molecule has 0 saturated carbocycles. The minimum absolute atomic E-state index is 0.109. The lowest BCUT2D eigenvalue weighted by molar-refractivity contribution is -0.384. The summed E-state index contributed by atoms with van der Waals surface area (Å²) in [4.78, 5) is 55.2. The van der Waals surface area contributed by atoms with Crippen LogP contribution in [-0.4, -0.2) is 33.5 Å². The zero-order chi connectivity index (χ0) is 25.1. The summed E-state index contributed by atoms with van der Waals surface area (Å²) in [5.74, 6) is -3.20. The summed E-state index contributed by atoms with van der Waals surface area (Å²) < 4.78 is 0. The number of rotatable bonds is 4. The van der Waals surface area contributed by atoms with Crippen LogP contribution >= 0.6 is 11.6 Å². The van der Waals surface area contributed by atoms with Gasteiger partial charge in [0.15, 0.2) is 5.78 Å². The molecule has 178 valence electrons. The number of hydrogen-bond donors (Lipinski definition) is 0. The van der Waals surface area contributed by atoms with Crippen LogP contribution < -0.4 is 4.90 Å². The molecule has 3 aliphatic rings. The molecule has 0 bridgehead atoms. The number of Topliss-reactive ketones (excluding diaryl/α,β-unsaturated/α-hetero) is 1. The molecule has 36 heavy (non-hydrogen) atoms. The third-order valence-corrected chi connectivity index (χ3v) is 7.48. The fourth-order valence-corrected chi connectivity index (χ4v) is 5.89. The van der Waals surface area contributed by atoms with Crippen molar-refractivity contribution in [2.24, 2.45) is 11.8 Å². The van der Waals surface area contributed by atoms with Crippen LogP contribution in [0.15, 0.2) is 79.0 Å². The van der Waals surface area contributed by atoms with Crippen molar-refractivity contribution in [2.45, 2.75) is 12.1 Å². The van der Waals surface area contributed by atoms with E-state index in [4.69, 9.17) is 11.6 Å². The van der Waals surface area contributed by atoms with E-state index in [1.54, 1.807) is 35.4 Å². The molecule has 0 spiro atoms.